The predicted octanol–water partition coefficient (Wildman–Crippen LogP) is 3.93. The summed E-state index contributed by atoms with van der Waals surface area (Å²) in [5.74, 6) is -4.75. The lowest BCUT2D eigenvalue weighted by Gasteiger charge is -2.19. The Labute approximate surface area is 304 Å². The number of esters is 1. The van der Waals surface area contributed by atoms with Crippen LogP contribution in [0.2, 0.25) is 0 Å². The Morgan fingerprint density at radius 1 is 0.962 bits per heavy atom. The molecule has 0 aliphatic carbocycles. The third-order valence-electron chi connectivity index (χ3n) is 7.81. The Kier molecular flexibility index (Phi) is 12.3. The van der Waals surface area contributed by atoms with Crippen LogP contribution in [0.5, 0.6) is 0 Å². The number of pyridine rings is 1. The second-order valence-corrected chi connectivity index (χ2v) is 15.3. The number of rotatable bonds is 13. The molecule has 0 radical (unpaired) electrons. The number of aryl methyl sites for hydroxylation is 1. The Bertz CT molecular complexity index is 2230. The van der Waals surface area contributed by atoms with Gasteiger partial charge in [0.05, 0.1) is 22.8 Å². The minimum atomic E-state index is -4.44. The number of amides is 2. The molecule has 4 aromatic rings. The van der Waals surface area contributed by atoms with Gasteiger partial charge in [0.1, 0.15) is 23.5 Å². The Morgan fingerprint density at radius 3 is 2.25 bits per heavy atom. The Balaban J connectivity index is 1.53. The molecule has 0 bridgehead atoms. The molecule has 53 heavy (non-hydrogen) atoms. The molecular weight excluding hydrogens is 714 g/mol. The molecule has 14 nitrogen and oxygen atoms in total. The molecule has 0 aliphatic rings. The number of anilines is 2. The van der Waals surface area contributed by atoms with Crippen LogP contribution in [-0.2, 0) is 37.8 Å². The van der Waals surface area contributed by atoms with Crippen molar-refractivity contribution in [2.75, 3.05) is 16.6 Å². The lowest BCUT2D eigenvalue weighted by molar-refractivity contribution is -0.146. The van der Waals surface area contributed by atoms with Gasteiger partial charge in [0.2, 0.25) is 5.91 Å². The van der Waals surface area contributed by atoms with Crippen LogP contribution in [0.4, 0.5) is 20.2 Å². The van der Waals surface area contributed by atoms with Crippen LogP contribution >= 0.6 is 0 Å². The summed E-state index contributed by atoms with van der Waals surface area (Å²) in [6, 6.07) is 8.62. The van der Waals surface area contributed by atoms with Gasteiger partial charge in [-0.1, -0.05) is 40.7 Å². The average molecular weight is 755 g/mol. The van der Waals surface area contributed by atoms with Crippen LogP contribution in [0.3, 0.4) is 0 Å². The summed E-state index contributed by atoms with van der Waals surface area (Å²) < 4.78 is 65.9. The van der Waals surface area contributed by atoms with E-state index in [0.29, 0.717) is 29.8 Å². The topological polar surface area (TPSA) is 188 Å². The van der Waals surface area contributed by atoms with Crippen molar-refractivity contribution in [2.24, 2.45) is 18.4 Å². The monoisotopic (exact) mass is 754 g/mol. The molecule has 0 fully saturated rings. The molecule has 2 aromatic carbocycles. The highest BCUT2D eigenvalue weighted by molar-refractivity contribution is 7.92. The van der Waals surface area contributed by atoms with Crippen LogP contribution in [0, 0.1) is 23.0 Å². The summed E-state index contributed by atoms with van der Waals surface area (Å²) in [6.07, 6.45) is 2.89. The number of carbonyl (C=O) groups excluding carboxylic acids is 3. The van der Waals surface area contributed by atoms with Crippen molar-refractivity contribution in [3.05, 3.63) is 111 Å². The number of sulfonamides is 1. The summed E-state index contributed by atoms with van der Waals surface area (Å²) >= 11 is 0. The van der Waals surface area contributed by atoms with Crippen molar-refractivity contribution in [2.45, 2.75) is 58.4 Å². The first kappa shape index (κ1) is 40.1. The fourth-order valence-corrected chi connectivity index (χ4v) is 5.70. The predicted molar refractivity (Wildman–Crippen MR) is 192 cm³/mol. The Hall–Kier alpha value is -5.71. The molecule has 17 heteroatoms. The molecule has 0 unspecified atom stereocenters. The van der Waals surface area contributed by atoms with Gasteiger partial charge < -0.3 is 19.9 Å². The molecule has 1 atom stereocenters. The van der Waals surface area contributed by atoms with E-state index in [9.17, 15) is 32.4 Å². The number of nitrogens with zero attached hydrogens (tertiary/aromatic N) is 3. The lowest BCUT2D eigenvalue weighted by atomic mass is 9.95. The fourth-order valence-electron chi connectivity index (χ4n) is 4.65. The molecule has 2 heterocycles. The maximum Gasteiger partial charge on any atom is 0.336 e. The van der Waals surface area contributed by atoms with Gasteiger partial charge in [0.15, 0.2) is 0 Å². The van der Waals surface area contributed by atoms with Crippen molar-refractivity contribution < 1.29 is 36.3 Å². The quantitative estimate of drug-likeness (QED) is 0.170. The number of halogens is 2. The molecule has 0 saturated carbocycles. The minimum Gasteiger partial charge on any atom is -0.464 e. The number of carbonyl (C=O) groups is 3. The van der Waals surface area contributed by atoms with Crippen LogP contribution < -0.4 is 26.6 Å². The number of hydrogen-bond donors (Lipinski definition) is 3. The van der Waals surface area contributed by atoms with Gasteiger partial charge in [-0.25, -0.2) is 36.3 Å². The minimum absolute atomic E-state index is 0.00918. The lowest BCUT2D eigenvalue weighted by Crippen LogP contribution is -2.44. The van der Waals surface area contributed by atoms with Crippen LogP contribution in [0.1, 0.15) is 57.0 Å². The molecule has 2 aromatic heterocycles. The first-order chi connectivity index (χ1) is 24.8. The first-order valence-corrected chi connectivity index (χ1v) is 17.9. The summed E-state index contributed by atoms with van der Waals surface area (Å²) in [5.41, 5.74) is -2.87. The highest BCUT2D eigenvalue weighted by Gasteiger charge is 2.27. The number of benzene rings is 2. The van der Waals surface area contributed by atoms with E-state index >= 15 is 8.78 Å². The standard InChI is InChI=1S/C36H40F2N6O8S/c1-21(2)14-16-52-33(47)29(17-22-7-12-30(39-20-22)44-31(45)13-15-43(6)35(44)49)41-32(46)25-18-27(38)28(19-26(25)37)42-53(50,51)24-10-8-23(9-11-24)40-34(48)36(3,4)5/h7-13,15,18-21,29,42H,14,16-17H2,1-6H3,(H,40,48)(H,41,46)/t29-/m0/s1. The molecule has 4 rings (SSSR count). The van der Waals surface area contributed by atoms with Crippen molar-refractivity contribution in [3.8, 4) is 5.82 Å². The van der Waals surface area contributed by atoms with E-state index in [1.165, 1.54) is 66.5 Å². The summed E-state index contributed by atoms with van der Waals surface area (Å²) in [5, 5.41) is 5.01. The number of aromatic nitrogens is 3. The molecular formula is C36H40F2N6O8S. The summed E-state index contributed by atoms with van der Waals surface area (Å²) in [6.45, 7) is 8.97. The second-order valence-electron chi connectivity index (χ2n) is 13.6. The smallest absolute Gasteiger partial charge is 0.336 e. The van der Waals surface area contributed by atoms with Crippen molar-refractivity contribution in [1.82, 2.24) is 19.4 Å². The molecule has 2 amide bonds. The number of nitrogens with one attached hydrogen (secondary N) is 3. The molecule has 0 aliphatic heterocycles. The van der Waals surface area contributed by atoms with Gasteiger partial charge in [-0.15, -0.1) is 0 Å². The molecule has 282 valence electrons. The third kappa shape index (κ3) is 10.2. The molecule has 3 N–H and O–H groups in total. The van der Waals surface area contributed by atoms with Gasteiger partial charge in [-0.05, 0) is 54.3 Å². The summed E-state index contributed by atoms with van der Waals surface area (Å²) in [4.78, 5) is 67.3. The van der Waals surface area contributed by atoms with Gasteiger partial charge in [0.25, 0.3) is 21.5 Å². The van der Waals surface area contributed by atoms with E-state index in [-0.39, 0.29) is 35.6 Å². The average Bonchev–Trinajstić information content (AvgIpc) is 3.08. The fraction of sp³-hybridized carbons (Fsp3) is 0.333. The second kappa shape index (κ2) is 16.3. The summed E-state index contributed by atoms with van der Waals surface area (Å²) in [7, 11) is -2.98. The number of ether oxygens (including phenoxy) is 1. The van der Waals surface area contributed by atoms with E-state index in [1.54, 1.807) is 20.8 Å². The van der Waals surface area contributed by atoms with Gasteiger partial charge in [0, 0.05) is 49.1 Å². The van der Waals surface area contributed by atoms with Gasteiger partial charge in [-0.3, -0.25) is 19.1 Å². The maximum absolute atomic E-state index is 15.3. The SMILES string of the molecule is CC(C)CCOC(=O)[C@H](Cc1ccc(-n2c(=O)ccn(C)c2=O)nc1)NC(=O)c1cc(F)c(NS(=O)(=O)c2ccc(NC(=O)C(C)(C)C)cc2)cc1F. The number of hydrogen-bond acceptors (Lipinski definition) is 9. The maximum atomic E-state index is 15.3. The van der Waals surface area contributed by atoms with E-state index in [2.05, 4.69) is 15.6 Å². The van der Waals surface area contributed by atoms with E-state index in [4.69, 9.17) is 4.74 Å². The van der Waals surface area contributed by atoms with Gasteiger partial charge >= 0.3 is 11.7 Å². The zero-order valence-electron chi connectivity index (χ0n) is 29.9. The molecule has 0 spiro atoms. The largest absolute Gasteiger partial charge is 0.464 e. The zero-order chi connectivity index (χ0) is 39.2. The normalized spacial score (nSPS) is 12.2. The zero-order valence-corrected chi connectivity index (χ0v) is 30.7. The first-order valence-electron chi connectivity index (χ1n) is 16.4. The highest BCUT2D eigenvalue weighted by atomic mass is 32.2. The van der Waals surface area contributed by atoms with E-state index < -0.39 is 67.5 Å². The third-order valence-corrected chi connectivity index (χ3v) is 9.19. The van der Waals surface area contributed by atoms with Gasteiger partial charge in [-0.2, -0.15) is 0 Å². The molecule has 0 saturated heterocycles. The van der Waals surface area contributed by atoms with E-state index in [0.717, 1.165) is 4.57 Å². The van der Waals surface area contributed by atoms with Crippen molar-refractivity contribution in [1.29, 1.82) is 0 Å². The van der Waals surface area contributed by atoms with Crippen LogP contribution in [0.15, 0.2) is 81.5 Å². The van der Waals surface area contributed by atoms with Crippen LogP contribution in [-0.4, -0.2) is 53.0 Å². The van der Waals surface area contributed by atoms with E-state index in [1.807, 2.05) is 18.6 Å². The Morgan fingerprint density at radius 2 is 1.64 bits per heavy atom. The van der Waals surface area contributed by atoms with Crippen molar-refractivity contribution >= 4 is 39.2 Å². The van der Waals surface area contributed by atoms with Crippen molar-refractivity contribution in [3.63, 3.8) is 0 Å². The highest BCUT2D eigenvalue weighted by Crippen LogP contribution is 2.25. The van der Waals surface area contributed by atoms with Crippen LogP contribution in [0.25, 0.3) is 5.82 Å².